The first-order valence-corrected chi connectivity index (χ1v) is 9.26. The fourth-order valence-corrected chi connectivity index (χ4v) is 3.02. The summed E-state index contributed by atoms with van der Waals surface area (Å²) in [5.41, 5.74) is 2.63. The van der Waals surface area contributed by atoms with Gasteiger partial charge in [-0.05, 0) is 24.3 Å². The number of nitrogens with zero attached hydrogens (tertiary/aromatic N) is 6. The van der Waals surface area contributed by atoms with E-state index in [0.29, 0.717) is 46.2 Å². The number of nitrogens with one attached hydrogen (secondary N) is 2. The van der Waals surface area contributed by atoms with Crippen molar-refractivity contribution < 1.29 is 4.39 Å². The monoisotopic (exact) mass is 390 g/mol. The number of fused-ring (bicyclic) bond motifs is 2. The Bertz CT molecular complexity index is 1250. The lowest BCUT2D eigenvalue weighted by Crippen LogP contribution is -2.09. The lowest BCUT2D eigenvalue weighted by molar-refractivity contribution is 0.629. The number of aromatic amines is 1. The fraction of sp³-hybridized carbons (Fsp3) is 0.150. The van der Waals surface area contributed by atoms with Gasteiger partial charge in [-0.3, -0.25) is 4.57 Å². The van der Waals surface area contributed by atoms with Gasteiger partial charge in [-0.25, -0.2) is 29.3 Å². The first kappa shape index (κ1) is 18.5. The SMILES string of the molecule is CC.Fc1ccc2nc(CNc3ncnc4nc[nH]c34)n(-c3ccccn3)c2c1. The molecular formula is C20H19FN8. The van der Waals surface area contributed by atoms with Crippen molar-refractivity contribution >= 4 is 28.0 Å². The first-order chi connectivity index (χ1) is 14.3. The molecule has 0 bridgehead atoms. The van der Waals surface area contributed by atoms with Gasteiger partial charge in [0, 0.05) is 12.3 Å². The summed E-state index contributed by atoms with van der Waals surface area (Å²) >= 11 is 0. The van der Waals surface area contributed by atoms with Crippen LogP contribution in [0, 0.1) is 5.82 Å². The number of hydrogen-bond donors (Lipinski definition) is 2. The number of H-pyrrole nitrogens is 1. The van der Waals surface area contributed by atoms with Crippen LogP contribution in [-0.4, -0.2) is 34.5 Å². The molecule has 0 saturated carbocycles. The van der Waals surface area contributed by atoms with Crippen molar-refractivity contribution in [2.45, 2.75) is 20.4 Å². The zero-order valence-corrected chi connectivity index (χ0v) is 16.0. The van der Waals surface area contributed by atoms with Gasteiger partial charge in [0.15, 0.2) is 11.5 Å². The summed E-state index contributed by atoms with van der Waals surface area (Å²) in [5, 5.41) is 3.25. The maximum atomic E-state index is 13.8. The molecule has 0 aliphatic heterocycles. The summed E-state index contributed by atoms with van der Waals surface area (Å²) in [5.74, 6) is 1.63. The second-order valence-corrected chi connectivity index (χ2v) is 5.86. The number of aromatic nitrogens is 7. The summed E-state index contributed by atoms with van der Waals surface area (Å²) in [4.78, 5) is 24.5. The summed E-state index contributed by atoms with van der Waals surface area (Å²) in [6, 6.07) is 10.1. The van der Waals surface area contributed by atoms with Gasteiger partial charge in [-0.15, -0.1) is 0 Å². The quantitative estimate of drug-likeness (QED) is 0.484. The van der Waals surface area contributed by atoms with Gasteiger partial charge in [0.2, 0.25) is 0 Å². The van der Waals surface area contributed by atoms with E-state index in [0.717, 1.165) is 0 Å². The lowest BCUT2D eigenvalue weighted by Gasteiger charge is -2.10. The van der Waals surface area contributed by atoms with Crippen LogP contribution in [0.15, 0.2) is 55.2 Å². The summed E-state index contributed by atoms with van der Waals surface area (Å²) in [6.45, 7) is 4.36. The van der Waals surface area contributed by atoms with Gasteiger partial charge >= 0.3 is 0 Å². The molecule has 0 amide bonds. The van der Waals surface area contributed by atoms with Crippen molar-refractivity contribution in [1.29, 1.82) is 0 Å². The number of anilines is 1. The maximum absolute atomic E-state index is 13.8. The van der Waals surface area contributed by atoms with Crippen LogP contribution in [0.1, 0.15) is 19.7 Å². The zero-order chi connectivity index (χ0) is 20.2. The highest BCUT2D eigenvalue weighted by Crippen LogP contribution is 2.23. The molecule has 0 spiro atoms. The van der Waals surface area contributed by atoms with Gasteiger partial charge in [-0.2, -0.15) is 0 Å². The Morgan fingerprint density at radius 3 is 2.79 bits per heavy atom. The minimum Gasteiger partial charge on any atom is -0.361 e. The van der Waals surface area contributed by atoms with Crippen LogP contribution in [0.3, 0.4) is 0 Å². The Balaban J connectivity index is 0.000000994. The smallest absolute Gasteiger partial charge is 0.182 e. The highest BCUT2D eigenvalue weighted by Gasteiger charge is 2.15. The van der Waals surface area contributed by atoms with Gasteiger partial charge in [-0.1, -0.05) is 19.9 Å². The summed E-state index contributed by atoms with van der Waals surface area (Å²) in [7, 11) is 0. The van der Waals surface area contributed by atoms with E-state index < -0.39 is 0 Å². The van der Waals surface area contributed by atoms with E-state index in [9.17, 15) is 4.39 Å². The standard InChI is InChI=1S/C18H13FN8.C2H6/c19-11-4-5-12-13(7-11)27(14-3-1-2-6-20-14)15(26-12)8-21-17-16-18(23-9-22-16)25-10-24-17;1-2/h1-7,9-10H,8H2,(H2,21,22,23,24,25);1-2H3. The number of imidazole rings is 2. The van der Waals surface area contributed by atoms with Crippen molar-refractivity contribution in [2.24, 2.45) is 0 Å². The third kappa shape index (κ3) is 3.49. The van der Waals surface area contributed by atoms with Crippen LogP contribution in [-0.2, 0) is 6.54 Å². The lowest BCUT2D eigenvalue weighted by atomic mass is 10.3. The highest BCUT2D eigenvalue weighted by molar-refractivity contribution is 5.82. The fourth-order valence-electron chi connectivity index (χ4n) is 3.02. The van der Waals surface area contributed by atoms with Crippen LogP contribution in [0.25, 0.3) is 28.0 Å². The number of hydrogen-bond acceptors (Lipinski definition) is 6. The number of rotatable bonds is 4. The van der Waals surface area contributed by atoms with Gasteiger partial charge < -0.3 is 10.3 Å². The highest BCUT2D eigenvalue weighted by atomic mass is 19.1. The van der Waals surface area contributed by atoms with Crippen LogP contribution >= 0.6 is 0 Å². The van der Waals surface area contributed by atoms with Crippen molar-refractivity contribution in [3.05, 3.63) is 66.9 Å². The van der Waals surface area contributed by atoms with E-state index in [1.54, 1.807) is 18.6 Å². The van der Waals surface area contributed by atoms with E-state index in [-0.39, 0.29) is 5.82 Å². The molecule has 0 radical (unpaired) electrons. The molecular weight excluding hydrogens is 371 g/mol. The zero-order valence-electron chi connectivity index (χ0n) is 16.0. The van der Waals surface area contributed by atoms with Crippen LogP contribution in [0.4, 0.5) is 10.2 Å². The molecule has 29 heavy (non-hydrogen) atoms. The van der Waals surface area contributed by atoms with Crippen molar-refractivity contribution in [3.8, 4) is 5.82 Å². The Morgan fingerprint density at radius 2 is 1.97 bits per heavy atom. The molecule has 146 valence electrons. The molecule has 5 rings (SSSR count). The normalized spacial score (nSPS) is 10.7. The Morgan fingerprint density at radius 1 is 1.07 bits per heavy atom. The molecule has 1 aromatic carbocycles. The topological polar surface area (TPSA) is 97.2 Å². The number of pyridine rings is 1. The Labute approximate surface area is 165 Å². The molecule has 2 N–H and O–H groups in total. The molecule has 0 atom stereocenters. The van der Waals surface area contributed by atoms with Crippen molar-refractivity contribution in [2.75, 3.05) is 5.32 Å². The van der Waals surface area contributed by atoms with Gasteiger partial charge in [0.25, 0.3) is 0 Å². The molecule has 4 aromatic heterocycles. The first-order valence-electron chi connectivity index (χ1n) is 9.26. The summed E-state index contributed by atoms with van der Waals surface area (Å²) in [6.07, 6.45) is 4.70. The summed E-state index contributed by atoms with van der Waals surface area (Å²) < 4.78 is 15.7. The third-order valence-corrected chi connectivity index (χ3v) is 4.20. The average molecular weight is 390 g/mol. The predicted octanol–water partition coefficient (Wildman–Crippen LogP) is 3.86. The number of benzene rings is 1. The molecule has 4 heterocycles. The molecule has 9 heteroatoms. The minimum absolute atomic E-state index is 0.325. The van der Waals surface area contributed by atoms with E-state index >= 15 is 0 Å². The second kappa shape index (κ2) is 8.01. The van der Waals surface area contributed by atoms with E-state index in [4.69, 9.17) is 0 Å². The maximum Gasteiger partial charge on any atom is 0.182 e. The van der Waals surface area contributed by atoms with Crippen molar-refractivity contribution in [3.63, 3.8) is 0 Å². The molecule has 0 fully saturated rings. The van der Waals surface area contributed by atoms with Crippen molar-refractivity contribution in [1.82, 2.24) is 34.5 Å². The second-order valence-electron chi connectivity index (χ2n) is 5.86. The largest absolute Gasteiger partial charge is 0.361 e. The molecule has 0 aliphatic rings. The molecule has 8 nitrogen and oxygen atoms in total. The van der Waals surface area contributed by atoms with E-state index in [2.05, 4.69) is 35.2 Å². The molecule has 0 aliphatic carbocycles. The third-order valence-electron chi connectivity index (χ3n) is 4.20. The van der Waals surface area contributed by atoms with Crippen LogP contribution in [0.2, 0.25) is 0 Å². The molecule has 0 saturated heterocycles. The Hall–Kier alpha value is -3.88. The van der Waals surface area contributed by atoms with Gasteiger partial charge in [0.1, 0.15) is 29.3 Å². The minimum atomic E-state index is -0.325. The molecule has 0 unspecified atom stereocenters. The van der Waals surface area contributed by atoms with Gasteiger partial charge in [0.05, 0.1) is 23.9 Å². The Kier molecular flexibility index (Phi) is 5.10. The van der Waals surface area contributed by atoms with Crippen LogP contribution in [0.5, 0.6) is 0 Å². The van der Waals surface area contributed by atoms with E-state index in [1.165, 1.54) is 18.5 Å². The molecule has 5 aromatic rings. The average Bonchev–Trinajstić information content (AvgIpc) is 3.38. The predicted molar refractivity (Wildman–Crippen MR) is 109 cm³/mol. The number of halogens is 1. The van der Waals surface area contributed by atoms with E-state index in [1.807, 2.05) is 36.6 Å². The van der Waals surface area contributed by atoms with Crippen LogP contribution < -0.4 is 5.32 Å².